The summed E-state index contributed by atoms with van der Waals surface area (Å²) in [5.41, 5.74) is 8.90. The number of fused-ring (bicyclic) bond motifs is 1. The van der Waals surface area contributed by atoms with Crippen molar-refractivity contribution in [3.63, 3.8) is 0 Å². The molecule has 2 aliphatic rings. The monoisotopic (exact) mass is 537 g/mol. The quantitative estimate of drug-likeness (QED) is 0.361. The van der Waals surface area contributed by atoms with Crippen LogP contribution < -0.4 is 11.1 Å². The Morgan fingerprint density at radius 3 is 2.40 bits per heavy atom. The van der Waals surface area contributed by atoms with E-state index in [0.29, 0.717) is 40.9 Å². The van der Waals surface area contributed by atoms with Crippen LogP contribution in [-0.2, 0) is 16.8 Å². The number of aromatic nitrogens is 1. The van der Waals surface area contributed by atoms with Crippen LogP contribution in [0.5, 0.6) is 0 Å². The number of amides is 2. The van der Waals surface area contributed by atoms with Crippen LogP contribution in [0.2, 0.25) is 0 Å². The first-order chi connectivity index (χ1) is 19.3. The molecule has 0 bridgehead atoms. The van der Waals surface area contributed by atoms with Gasteiger partial charge in [0, 0.05) is 61.1 Å². The summed E-state index contributed by atoms with van der Waals surface area (Å²) in [6, 6.07) is 19.7. The van der Waals surface area contributed by atoms with Gasteiger partial charge >= 0.3 is 0 Å². The van der Waals surface area contributed by atoms with Gasteiger partial charge < -0.3 is 16.0 Å². The molecular formula is C32H32FN5O2. The van der Waals surface area contributed by atoms with Crippen LogP contribution in [-0.4, -0.2) is 59.8 Å². The van der Waals surface area contributed by atoms with Crippen LogP contribution in [0.3, 0.4) is 0 Å². The van der Waals surface area contributed by atoms with Gasteiger partial charge in [-0.1, -0.05) is 24.3 Å². The molecule has 1 saturated heterocycles. The molecule has 1 aliphatic heterocycles. The largest absolute Gasteiger partial charge is 0.369 e. The minimum Gasteiger partial charge on any atom is -0.369 e. The van der Waals surface area contributed by atoms with Crippen molar-refractivity contribution in [2.24, 2.45) is 5.73 Å². The molecule has 7 nitrogen and oxygen atoms in total. The number of likely N-dealkylation sites (N-methyl/N-ethyl adjacent to an activating group) is 1. The van der Waals surface area contributed by atoms with Crippen LogP contribution >= 0.6 is 0 Å². The second-order valence-electron chi connectivity index (χ2n) is 11.0. The Morgan fingerprint density at radius 2 is 1.70 bits per heavy atom. The predicted molar refractivity (Wildman–Crippen MR) is 154 cm³/mol. The Labute approximate surface area is 232 Å². The van der Waals surface area contributed by atoms with Gasteiger partial charge in [0.2, 0.25) is 5.91 Å². The lowest BCUT2D eigenvalue weighted by Crippen LogP contribution is -2.43. The summed E-state index contributed by atoms with van der Waals surface area (Å²) < 4.78 is 14.9. The van der Waals surface area contributed by atoms with Crippen LogP contribution in [0, 0.1) is 5.82 Å². The maximum Gasteiger partial charge on any atom is 0.255 e. The summed E-state index contributed by atoms with van der Waals surface area (Å²) in [6.45, 7) is 5.07. The number of carbonyl (C=O) groups is 2. The lowest BCUT2D eigenvalue weighted by atomic mass is 9.97. The summed E-state index contributed by atoms with van der Waals surface area (Å²) in [7, 11) is 2.14. The normalized spacial score (nSPS) is 17.1. The molecule has 4 aromatic rings. The van der Waals surface area contributed by atoms with Gasteiger partial charge in [0.1, 0.15) is 5.82 Å². The van der Waals surface area contributed by atoms with E-state index in [1.165, 1.54) is 11.6 Å². The number of carbonyl (C=O) groups excluding carboxylic acids is 2. The van der Waals surface area contributed by atoms with Crippen LogP contribution in [0.15, 0.2) is 72.9 Å². The number of pyridine rings is 1. The van der Waals surface area contributed by atoms with Crippen molar-refractivity contribution >= 4 is 28.3 Å². The Morgan fingerprint density at radius 1 is 0.950 bits per heavy atom. The molecule has 0 atom stereocenters. The highest BCUT2D eigenvalue weighted by Crippen LogP contribution is 2.47. The Hall–Kier alpha value is -4.14. The number of rotatable bonds is 7. The van der Waals surface area contributed by atoms with Crippen molar-refractivity contribution in [2.75, 3.05) is 38.5 Å². The molecule has 1 aliphatic carbocycles. The van der Waals surface area contributed by atoms with E-state index in [1.54, 1.807) is 18.3 Å². The number of hydrogen-bond acceptors (Lipinski definition) is 5. The minimum atomic E-state index is -0.656. The molecule has 8 heteroatoms. The summed E-state index contributed by atoms with van der Waals surface area (Å²) in [6.07, 6.45) is 3.13. The molecule has 6 rings (SSSR count). The summed E-state index contributed by atoms with van der Waals surface area (Å²) in [5.74, 6) is -0.984. The van der Waals surface area contributed by atoms with E-state index in [4.69, 9.17) is 5.73 Å². The molecule has 0 unspecified atom stereocenters. The third kappa shape index (κ3) is 5.20. The third-order valence-electron chi connectivity index (χ3n) is 8.19. The second-order valence-corrected chi connectivity index (χ2v) is 11.0. The molecule has 2 fully saturated rings. The van der Waals surface area contributed by atoms with Gasteiger partial charge in [-0.3, -0.25) is 19.5 Å². The third-order valence-corrected chi connectivity index (χ3v) is 8.19. The topological polar surface area (TPSA) is 91.6 Å². The van der Waals surface area contributed by atoms with Gasteiger partial charge in [-0.2, -0.15) is 0 Å². The number of hydrogen-bond donors (Lipinski definition) is 2. The number of primary amides is 1. The molecule has 0 spiro atoms. The second kappa shape index (κ2) is 10.4. The number of nitrogens with one attached hydrogen (secondary N) is 1. The van der Waals surface area contributed by atoms with E-state index in [0.717, 1.165) is 43.5 Å². The number of halogens is 1. The molecule has 3 aromatic carbocycles. The zero-order valence-electron chi connectivity index (χ0n) is 22.5. The highest BCUT2D eigenvalue weighted by molar-refractivity contribution is 6.04. The van der Waals surface area contributed by atoms with Gasteiger partial charge in [0.05, 0.1) is 11.1 Å². The maximum absolute atomic E-state index is 14.9. The Balaban J connectivity index is 1.16. The molecule has 2 amide bonds. The molecular weight excluding hydrogens is 505 g/mol. The number of nitrogens with two attached hydrogens (primary N) is 1. The smallest absolute Gasteiger partial charge is 0.255 e. The van der Waals surface area contributed by atoms with E-state index in [2.05, 4.69) is 27.1 Å². The van der Waals surface area contributed by atoms with Gasteiger partial charge in [0.25, 0.3) is 5.91 Å². The first-order valence-electron chi connectivity index (χ1n) is 13.6. The fraction of sp³-hybridized carbons (Fsp3) is 0.281. The Kier molecular flexibility index (Phi) is 6.82. The van der Waals surface area contributed by atoms with Crippen LogP contribution in [0.25, 0.3) is 21.9 Å². The maximum atomic E-state index is 14.9. The Bertz CT molecular complexity index is 1590. The zero-order chi connectivity index (χ0) is 27.9. The fourth-order valence-electron chi connectivity index (χ4n) is 5.38. The minimum absolute atomic E-state index is 0.248. The molecule has 3 N–H and O–H groups in total. The lowest BCUT2D eigenvalue weighted by molar-refractivity contribution is -0.120. The van der Waals surface area contributed by atoms with Crippen molar-refractivity contribution < 1.29 is 14.0 Å². The van der Waals surface area contributed by atoms with Gasteiger partial charge in [-0.15, -0.1) is 0 Å². The van der Waals surface area contributed by atoms with Crippen LogP contribution in [0.1, 0.15) is 34.5 Å². The molecule has 204 valence electrons. The van der Waals surface area contributed by atoms with Gasteiger partial charge in [0.15, 0.2) is 0 Å². The fourth-order valence-corrected chi connectivity index (χ4v) is 5.38. The predicted octanol–water partition coefficient (Wildman–Crippen LogP) is 4.56. The van der Waals surface area contributed by atoms with Crippen LogP contribution in [0.4, 0.5) is 10.1 Å². The van der Waals surface area contributed by atoms with Crippen molar-refractivity contribution in [2.45, 2.75) is 24.8 Å². The molecule has 1 saturated carbocycles. The van der Waals surface area contributed by atoms with Crippen molar-refractivity contribution in [3.05, 3.63) is 95.6 Å². The lowest BCUT2D eigenvalue weighted by Gasteiger charge is -2.32. The summed E-state index contributed by atoms with van der Waals surface area (Å²) in [5, 5.41) is 4.63. The summed E-state index contributed by atoms with van der Waals surface area (Å²) >= 11 is 0. The van der Waals surface area contributed by atoms with E-state index in [1.807, 2.05) is 48.5 Å². The molecule has 0 radical (unpaired) electrons. The van der Waals surface area contributed by atoms with E-state index >= 15 is 0 Å². The zero-order valence-corrected chi connectivity index (χ0v) is 22.5. The average Bonchev–Trinajstić information content (AvgIpc) is 3.78. The molecule has 2 heterocycles. The standard InChI is InChI=1S/C32H32FN5O2/c1-37-12-14-38(15-13-37)20-21-2-4-22(5-3-21)30(39)36-26-8-9-28(33)27(18-26)24-7-6-23-17-29(35-19-25(23)16-24)32(10-11-32)31(34)40/h2-9,16-19H,10-15,20H2,1H3,(H2,34,40)(H,36,39). The first kappa shape index (κ1) is 26.1. The number of benzene rings is 3. The number of piperazine rings is 1. The van der Waals surface area contributed by atoms with Gasteiger partial charge in [-0.25, -0.2) is 4.39 Å². The summed E-state index contributed by atoms with van der Waals surface area (Å²) in [4.78, 5) is 34.1. The van der Waals surface area contributed by atoms with E-state index in [9.17, 15) is 14.0 Å². The van der Waals surface area contributed by atoms with E-state index < -0.39 is 5.41 Å². The number of anilines is 1. The first-order valence-corrected chi connectivity index (χ1v) is 13.6. The highest BCUT2D eigenvalue weighted by Gasteiger charge is 2.51. The molecule has 40 heavy (non-hydrogen) atoms. The van der Waals surface area contributed by atoms with Crippen molar-refractivity contribution in [3.8, 4) is 11.1 Å². The van der Waals surface area contributed by atoms with E-state index in [-0.39, 0.29) is 17.6 Å². The molecule has 1 aromatic heterocycles. The van der Waals surface area contributed by atoms with Crippen molar-refractivity contribution in [1.29, 1.82) is 0 Å². The highest BCUT2D eigenvalue weighted by atomic mass is 19.1. The van der Waals surface area contributed by atoms with Gasteiger partial charge in [-0.05, 0) is 78.9 Å². The average molecular weight is 538 g/mol. The number of nitrogens with zero attached hydrogens (tertiary/aromatic N) is 3. The SMILES string of the molecule is CN1CCN(Cc2ccc(C(=O)Nc3ccc(F)c(-c4ccc5cc(C6(C(N)=O)CC6)ncc5c4)c3)cc2)CC1. The van der Waals surface area contributed by atoms with Crippen molar-refractivity contribution in [1.82, 2.24) is 14.8 Å².